The highest BCUT2D eigenvalue weighted by Gasteiger charge is 2.53. The number of hydrogen-bond donors (Lipinski definition) is 5. The zero-order valence-electron chi connectivity index (χ0n) is 22.8. The Bertz CT molecular complexity index is 1460. The van der Waals surface area contributed by atoms with E-state index in [1.54, 1.807) is 34.5 Å². The number of hydrogen-bond acceptors (Lipinski definition) is 7. The fourth-order valence-corrected chi connectivity index (χ4v) is 4.51. The fourth-order valence-electron chi connectivity index (χ4n) is 4.51. The van der Waals surface area contributed by atoms with Gasteiger partial charge in [-0.2, -0.15) is 18.4 Å². The molecule has 2 heterocycles. The second-order valence-electron chi connectivity index (χ2n) is 10.7. The highest BCUT2D eigenvalue weighted by Crippen LogP contribution is 2.48. The van der Waals surface area contributed by atoms with E-state index in [1.807, 2.05) is 6.92 Å². The molecule has 1 aliphatic heterocycles. The number of imidazole rings is 1. The smallest absolute Gasteiger partial charge is 0.338 e. The lowest BCUT2D eigenvalue weighted by molar-refractivity contribution is -0.143. The first-order valence-corrected chi connectivity index (χ1v) is 13.1. The van der Waals surface area contributed by atoms with Crippen LogP contribution in [0.2, 0.25) is 0 Å². The lowest BCUT2D eigenvalue weighted by atomic mass is 9.85. The number of amides is 3. The summed E-state index contributed by atoms with van der Waals surface area (Å²) in [5.74, 6) is -0.232. The maximum atomic E-state index is 12.6. The normalized spacial score (nSPS) is 18.0. The Morgan fingerprint density at radius 2 is 2.05 bits per heavy atom. The molecule has 2 aliphatic rings. The molecule has 42 heavy (non-hydrogen) atoms. The van der Waals surface area contributed by atoms with Crippen LogP contribution < -0.4 is 10.6 Å². The molecule has 4 rings (SSSR count). The van der Waals surface area contributed by atoms with Crippen LogP contribution in [0, 0.1) is 33.5 Å². The van der Waals surface area contributed by atoms with Crippen molar-refractivity contribution in [3.8, 4) is 17.3 Å². The molecule has 11 nitrogen and oxygen atoms in total. The molecule has 1 aliphatic carbocycles. The van der Waals surface area contributed by atoms with E-state index in [0.29, 0.717) is 35.7 Å². The Labute approximate surface area is 239 Å². The number of nitrogens with one attached hydrogen (secondary N) is 5. The summed E-state index contributed by atoms with van der Waals surface area (Å²) >= 11 is 0. The summed E-state index contributed by atoms with van der Waals surface area (Å²) < 4.78 is 37.0. The molecule has 1 aromatic carbocycles. The van der Waals surface area contributed by atoms with Crippen molar-refractivity contribution in [2.45, 2.75) is 37.9 Å². The van der Waals surface area contributed by atoms with E-state index in [9.17, 15) is 28.0 Å². The van der Waals surface area contributed by atoms with E-state index in [0.717, 1.165) is 25.3 Å². The van der Waals surface area contributed by atoms with Crippen LogP contribution in [-0.2, 0) is 4.79 Å². The average molecular weight is 582 g/mol. The summed E-state index contributed by atoms with van der Waals surface area (Å²) in [4.78, 5) is 38.1. The molecular formula is C28H30F3N9O2. The summed E-state index contributed by atoms with van der Waals surface area (Å²) in [7, 11) is 0. The van der Waals surface area contributed by atoms with Crippen molar-refractivity contribution in [3.63, 3.8) is 0 Å². The monoisotopic (exact) mass is 581 g/mol. The van der Waals surface area contributed by atoms with E-state index >= 15 is 0 Å². The summed E-state index contributed by atoms with van der Waals surface area (Å²) in [5.41, 5.74) is 0.761. The van der Waals surface area contributed by atoms with Crippen molar-refractivity contribution in [2.24, 2.45) is 16.3 Å². The Morgan fingerprint density at radius 3 is 2.67 bits per heavy atom. The number of halogens is 3. The largest absolute Gasteiger partial charge is 0.405 e. The van der Waals surface area contributed by atoms with E-state index < -0.39 is 30.2 Å². The Balaban J connectivity index is 1.44. The first kappa shape index (κ1) is 30.2. The van der Waals surface area contributed by atoms with Gasteiger partial charge in [0.2, 0.25) is 5.91 Å². The molecule has 0 spiro atoms. The lowest BCUT2D eigenvalue weighted by Crippen LogP contribution is -2.63. The predicted octanol–water partition coefficient (Wildman–Crippen LogP) is 4.42. The van der Waals surface area contributed by atoms with Crippen molar-refractivity contribution in [1.82, 2.24) is 20.2 Å². The van der Waals surface area contributed by atoms with Gasteiger partial charge in [0.1, 0.15) is 17.9 Å². The first-order chi connectivity index (χ1) is 19.9. The zero-order chi connectivity index (χ0) is 30.5. The van der Waals surface area contributed by atoms with Gasteiger partial charge in [-0.1, -0.05) is 19.1 Å². The molecule has 1 saturated carbocycles. The molecule has 1 saturated heterocycles. The third-order valence-electron chi connectivity index (χ3n) is 7.20. The number of allylic oxidation sites excluding steroid dienone is 1. The molecule has 0 bridgehead atoms. The maximum absolute atomic E-state index is 12.6. The third kappa shape index (κ3) is 7.28. The van der Waals surface area contributed by atoms with Gasteiger partial charge < -0.3 is 31.3 Å². The second-order valence-corrected chi connectivity index (χ2v) is 10.7. The van der Waals surface area contributed by atoms with Gasteiger partial charge in [0.25, 0.3) is 0 Å². The van der Waals surface area contributed by atoms with Crippen LogP contribution in [0.25, 0.3) is 17.3 Å². The van der Waals surface area contributed by atoms with Gasteiger partial charge in [-0.3, -0.25) is 9.79 Å². The Kier molecular flexibility index (Phi) is 8.60. The van der Waals surface area contributed by atoms with Crippen molar-refractivity contribution in [2.75, 3.05) is 25.0 Å². The molecule has 1 aromatic heterocycles. The average Bonchev–Trinajstić information content (AvgIpc) is 3.51. The minimum atomic E-state index is -4.53. The number of likely N-dealkylation sites (tertiary alicyclic amines) is 1. The van der Waals surface area contributed by atoms with Gasteiger partial charge in [0, 0.05) is 48.4 Å². The number of rotatable bonds is 11. The number of carbonyl (C=O) groups excluding carboxylic acids is 2. The van der Waals surface area contributed by atoms with Gasteiger partial charge >= 0.3 is 12.2 Å². The predicted molar refractivity (Wildman–Crippen MR) is 152 cm³/mol. The second kappa shape index (κ2) is 12.0. The van der Waals surface area contributed by atoms with Crippen LogP contribution in [0.4, 0.5) is 23.7 Å². The zero-order valence-corrected chi connectivity index (χ0v) is 22.8. The topological polar surface area (TPSA) is 174 Å². The quantitative estimate of drug-likeness (QED) is 0.247. The number of aliphatic imine (C=N–C) groups is 1. The number of alkyl halides is 3. The third-order valence-corrected chi connectivity index (χ3v) is 7.20. The molecule has 3 amide bonds. The summed E-state index contributed by atoms with van der Waals surface area (Å²) in [5, 5.41) is 29.2. The highest BCUT2D eigenvalue weighted by atomic mass is 19.4. The van der Waals surface area contributed by atoms with Gasteiger partial charge in [0.05, 0.1) is 30.3 Å². The number of benzene rings is 1. The highest BCUT2D eigenvalue weighted by molar-refractivity contribution is 5.99. The molecule has 1 unspecified atom stereocenters. The van der Waals surface area contributed by atoms with E-state index in [4.69, 9.17) is 10.8 Å². The molecule has 1 atom stereocenters. The lowest BCUT2D eigenvalue weighted by Gasteiger charge is -2.47. The van der Waals surface area contributed by atoms with Crippen LogP contribution in [0.15, 0.2) is 41.0 Å². The molecule has 0 radical (unpaired) electrons. The van der Waals surface area contributed by atoms with Crippen molar-refractivity contribution < 1.29 is 22.8 Å². The van der Waals surface area contributed by atoms with Crippen LogP contribution >= 0.6 is 0 Å². The number of aromatic nitrogens is 2. The summed E-state index contributed by atoms with van der Waals surface area (Å²) in [6.45, 7) is 1.14. The number of aromatic amines is 1. The van der Waals surface area contributed by atoms with Gasteiger partial charge in [0.15, 0.2) is 0 Å². The fraction of sp³-hybridized carbons (Fsp3) is 0.393. The summed E-state index contributed by atoms with van der Waals surface area (Å²) in [6, 6.07) is 7.56. The van der Waals surface area contributed by atoms with Crippen molar-refractivity contribution >= 4 is 42.3 Å². The number of nitrogens with zero attached hydrogens (tertiary/aromatic N) is 4. The molecule has 5 N–H and O–H groups in total. The van der Waals surface area contributed by atoms with Gasteiger partial charge in [-0.25, -0.2) is 9.78 Å². The van der Waals surface area contributed by atoms with Crippen LogP contribution in [0.3, 0.4) is 0 Å². The maximum Gasteiger partial charge on any atom is 0.405 e. The first-order valence-electron chi connectivity index (χ1n) is 13.1. The number of carbonyl (C=O) groups is 2. The van der Waals surface area contributed by atoms with Gasteiger partial charge in [-0.15, -0.1) is 0 Å². The Morgan fingerprint density at radius 1 is 1.31 bits per heavy atom. The molecule has 2 fully saturated rings. The number of H-pyrrole nitrogens is 1. The van der Waals surface area contributed by atoms with Crippen molar-refractivity contribution in [3.05, 3.63) is 41.9 Å². The summed E-state index contributed by atoms with van der Waals surface area (Å²) in [6.07, 6.45) is 4.13. The van der Waals surface area contributed by atoms with Crippen molar-refractivity contribution in [1.29, 1.82) is 16.1 Å². The van der Waals surface area contributed by atoms with Crippen LogP contribution in [0.5, 0.6) is 0 Å². The van der Waals surface area contributed by atoms with Crippen LogP contribution in [0.1, 0.15) is 32.0 Å². The van der Waals surface area contributed by atoms with Crippen LogP contribution in [-0.4, -0.2) is 76.8 Å². The minimum Gasteiger partial charge on any atom is -0.338 e. The molecule has 2 aromatic rings. The Hall–Kier alpha value is -4.80. The van der Waals surface area contributed by atoms with Gasteiger partial charge in [-0.05, 0) is 36.6 Å². The van der Waals surface area contributed by atoms with E-state index in [-0.39, 0.29) is 23.4 Å². The standard InChI is InChI=1S/C28H30F3N9O2/c1-26(5-6-26)24(41)40-16-27(17-40,7-8-32)37-13-20(12-34)19(11-33)10-23-35-14-22(39-23)18-3-2-4-21(9-18)38-25(42)36-15-28(29,30)31/h2-4,9-14,20,33-34H,5-7,15-17H2,1H3,(H,35,39)(H2,36,38,42)/b19-10+,33-11?,34-12?,37-13?. The molecule has 220 valence electrons. The number of nitriles is 1. The molecule has 14 heteroatoms. The van der Waals surface area contributed by atoms with E-state index in [2.05, 4.69) is 26.3 Å². The molecular weight excluding hydrogens is 551 g/mol. The van der Waals surface area contributed by atoms with E-state index in [1.165, 1.54) is 18.5 Å². The number of urea groups is 1. The minimum absolute atomic E-state index is 0.0783. The SMILES string of the molecule is CC1(C(=O)N2CC(CC#N)(N=CC(C=N)/C(C=N)=C/c3ncc(-c4cccc(NC(=O)NCC(F)(F)F)c4)[nH]3)C2)CC1. The number of anilines is 1.